The third kappa shape index (κ3) is 4.89. The van der Waals surface area contributed by atoms with Gasteiger partial charge in [0.15, 0.2) is 0 Å². The van der Waals surface area contributed by atoms with Crippen molar-refractivity contribution in [2.24, 2.45) is 0 Å². The fourth-order valence-corrected chi connectivity index (χ4v) is 3.10. The van der Waals surface area contributed by atoms with Gasteiger partial charge in [-0.3, -0.25) is 4.55 Å². The van der Waals surface area contributed by atoms with Gasteiger partial charge in [0.1, 0.15) is 10.7 Å². The molecule has 2 heterocycles. The number of benzene rings is 1. The van der Waals surface area contributed by atoms with Crippen LogP contribution in [-0.4, -0.2) is 42.9 Å². The van der Waals surface area contributed by atoms with E-state index < -0.39 is 15.0 Å². The molecule has 28 heavy (non-hydrogen) atoms. The summed E-state index contributed by atoms with van der Waals surface area (Å²) < 4.78 is 32.8. The summed E-state index contributed by atoms with van der Waals surface area (Å²) in [5.74, 6) is 0.209. The van der Waals surface area contributed by atoms with Gasteiger partial charge in [-0.05, 0) is 48.3 Å². The number of nitrogens with one attached hydrogen (secondary N) is 2. The lowest BCUT2D eigenvalue weighted by atomic mass is 10.2. The van der Waals surface area contributed by atoms with Crippen molar-refractivity contribution in [1.82, 2.24) is 29.9 Å². The molecule has 0 saturated heterocycles. The Morgan fingerprint density at radius 2 is 1.61 bits per heavy atom. The molecule has 146 valence electrons. The standard InChI is InChI=1S/C13H11Cl2N9O3S/c1-5-17-9(14)22-12(18-5)19-6-2-3-8(28(25,26)27)7(4-6)20-13-23-10(15)21-11(16)24-13/h2-4H,1H3,(H,25,26,27)(H,17,18,19,22)(H3,16,20,21,23,24). The first-order valence-corrected chi connectivity index (χ1v) is 9.50. The molecule has 0 saturated carbocycles. The summed E-state index contributed by atoms with van der Waals surface area (Å²) in [5.41, 5.74) is 5.80. The Hall–Kier alpha value is -2.87. The van der Waals surface area contributed by atoms with Crippen LogP contribution >= 0.6 is 23.2 Å². The van der Waals surface area contributed by atoms with Crippen LogP contribution in [-0.2, 0) is 10.1 Å². The van der Waals surface area contributed by atoms with Crippen LogP contribution in [0, 0.1) is 6.92 Å². The number of hydrogen-bond donors (Lipinski definition) is 4. The third-order valence-corrected chi connectivity index (χ3v) is 4.36. The predicted molar refractivity (Wildman–Crippen MR) is 102 cm³/mol. The van der Waals surface area contributed by atoms with Gasteiger partial charge < -0.3 is 16.4 Å². The number of aromatic nitrogens is 6. The molecule has 0 aliphatic rings. The van der Waals surface area contributed by atoms with Crippen molar-refractivity contribution >= 4 is 62.5 Å². The minimum atomic E-state index is -4.56. The van der Waals surface area contributed by atoms with Gasteiger partial charge in [0.05, 0.1) is 5.69 Å². The number of nitrogens with zero attached hydrogens (tertiary/aromatic N) is 6. The number of anilines is 5. The molecule has 0 unspecified atom stereocenters. The summed E-state index contributed by atoms with van der Waals surface area (Å²) >= 11 is 11.5. The molecule has 12 nitrogen and oxygen atoms in total. The zero-order valence-corrected chi connectivity index (χ0v) is 16.2. The van der Waals surface area contributed by atoms with E-state index in [2.05, 4.69) is 40.5 Å². The molecule has 0 radical (unpaired) electrons. The van der Waals surface area contributed by atoms with Crippen LogP contribution in [0.2, 0.25) is 10.6 Å². The predicted octanol–water partition coefficient (Wildman–Crippen LogP) is 1.99. The SMILES string of the molecule is Cc1nc(Cl)nc(Nc2ccc(S(=O)(=O)O)c(Nc3nc(N)nc(Cl)n3)c2)n1. The van der Waals surface area contributed by atoms with Gasteiger partial charge >= 0.3 is 0 Å². The summed E-state index contributed by atoms with van der Waals surface area (Å²) in [5, 5.41) is 5.25. The van der Waals surface area contributed by atoms with E-state index in [1.54, 1.807) is 6.92 Å². The van der Waals surface area contributed by atoms with Crippen LogP contribution in [0.4, 0.5) is 29.2 Å². The first-order valence-electron chi connectivity index (χ1n) is 7.31. The van der Waals surface area contributed by atoms with Crippen molar-refractivity contribution in [3.8, 4) is 0 Å². The van der Waals surface area contributed by atoms with Crippen LogP contribution in [0.3, 0.4) is 0 Å². The molecule has 0 atom stereocenters. The van der Waals surface area contributed by atoms with E-state index in [0.29, 0.717) is 11.5 Å². The molecule has 0 amide bonds. The van der Waals surface area contributed by atoms with E-state index in [-0.39, 0.29) is 34.1 Å². The zero-order chi connectivity index (χ0) is 20.5. The maximum absolute atomic E-state index is 11.7. The maximum atomic E-state index is 11.7. The van der Waals surface area contributed by atoms with Gasteiger partial charge in [-0.2, -0.15) is 33.3 Å². The van der Waals surface area contributed by atoms with Crippen LogP contribution in [0.15, 0.2) is 23.1 Å². The second-order valence-electron chi connectivity index (χ2n) is 5.20. The van der Waals surface area contributed by atoms with Crippen LogP contribution in [0.25, 0.3) is 0 Å². The number of hydrogen-bond acceptors (Lipinski definition) is 11. The van der Waals surface area contributed by atoms with Crippen molar-refractivity contribution < 1.29 is 13.0 Å². The van der Waals surface area contributed by atoms with Crippen LogP contribution in [0.1, 0.15) is 5.82 Å². The normalized spacial score (nSPS) is 11.3. The molecule has 1 aromatic carbocycles. The monoisotopic (exact) mass is 443 g/mol. The quantitative estimate of drug-likeness (QED) is 0.421. The molecule has 3 rings (SSSR count). The Labute approximate surface area is 168 Å². The highest BCUT2D eigenvalue weighted by molar-refractivity contribution is 7.86. The summed E-state index contributed by atoms with van der Waals surface area (Å²) in [4.78, 5) is 22.6. The topological polar surface area (TPSA) is 182 Å². The molecule has 0 aliphatic carbocycles. The van der Waals surface area contributed by atoms with Crippen molar-refractivity contribution in [3.05, 3.63) is 34.6 Å². The Balaban J connectivity index is 2.01. The van der Waals surface area contributed by atoms with Gasteiger partial charge in [-0.25, -0.2) is 4.98 Å². The van der Waals surface area contributed by atoms with Gasteiger partial charge in [0.25, 0.3) is 10.1 Å². The lowest BCUT2D eigenvalue weighted by Gasteiger charge is -2.12. The number of aryl methyl sites for hydroxylation is 1. The van der Waals surface area contributed by atoms with Crippen LogP contribution < -0.4 is 16.4 Å². The minimum Gasteiger partial charge on any atom is -0.368 e. The van der Waals surface area contributed by atoms with Gasteiger partial charge in [0.2, 0.25) is 28.4 Å². The van der Waals surface area contributed by atoms with E-state index in [1.807, 2.05) is 0 Å². The number of rotatable bonds is 5. The Kier molecular flexibility index (Phi) is 5.42. The Bertz CT molecular complexity index is 1120. The second-order valence-corrected chi connectivity index (χ2v) is 7.26. The number of halogens is 2. The zero-order valence-electron chi connectivity index (χ0n) is 13.9. The molecule has 0 aliphatic heterocycles. The second kappa shape index (κ2) is 7.63. The van der Waals surface area contributed by atoms with Crippen molar-refractivity contribution in [2.75, 3.05) is 16.4 Å². The Morgan fingerprint density at radius 3 is 2.21 bits per heavy atom. The smallest absolute Gasteiger partial charge is 0.296 e. The Morgan fingerprint density at radius 1 is 0.964 bits per heavy atom. The molecule has 15 heteroatoms. The summed E-state index contributed by atoms with van der Waals surface area (Å²) in [6, 6.07) is 3.89. The van der Waals surface area contributed by atoms with Crippen molar-refractivity contribution in [1.29, 1.82) is 0 Å². The van der Waals surface area contributed by atoms with Gasteiger partial charge in [-0.15, -0.1) is 0 Å². The molecule has 0 bridgehead atoms. The highest BCUT2D eigenvalue weighted by Gasteiger charge is 2.18. The molecule has 0 fully saturated rings. The molecule has 0 spiro atoms. The molecular formula is C13H11Cl2N9O3S. The lowest BCUT2D eigenvalue weighted by molar-refractivity contribution is 0.483. The van der Waals surface area contributed by atoms with E-state index in [0.717, 1.165) is 6.07 Å². The molecule has 3 aromatic rings. The van der Waals surface area contributed by atoms with Crippen molar-refractivity contribution in [3.63, 3.8) is 0 Å². The van der Waals surface area contributed by atoms with E-state index in [1.165, 1.54) is 12.1 Å². The highest BCUT2D eigenvalue weighted by atomic mass is 35.5. The number of nitrogen functional groups attached to an aromatic ring is 1. The summed E-state index contributed by atoms with van der Waals surface area (Å²) in [6.07, 6.45) is 0. The minimum absolute atomic E-state index is 0.0155. The average Bonchev–Trinajstić information content (AvgIpc) is 2.51. The maximum Gasteiger partial charge on any atom is 0.296 e. The molecular weight excluding hydrogens is 433 g/mol. The number of nitrogens with two attached hydrogens (primary N) is 1. The third-order valence-electron chi connectivity index (χ3n) is 3.11. The fraction of sp³-hybridized carbons (Fsp3) is 0.0769. The largest absolute Gasteiger partial charge is 0.368 e. The van der Waals surface area contributed by atoms with Crippen molar-refractivity contribution in [2.45, 2.75) is 11.8 Å². The highest BCUT2D eigenvalue weighted by Crippen LogP contribution is 2.28. The fourth-order valence-electron chi connectivity index (χ4n) is 2.11. The molecule has 2 aromatic heterocycles. The first kappa shape index (κ1) is 19.9. The van der Waals surface area contributed by atoms with Gasteiger partial charge in [0, 0.05) is 5.69 Å². The summed E-state index contributed by atoms with van der Waals surface area (Å²) in [6.45, 7) is 1.63. The molecule has 5 N–H and O–H groups in total. The first-order chi connectivity index (χ1) is 13.1. The van der Waals surface area contributed by atoms with Crippen LogP contribution in [0.5, 0.6) is 0 Å². The van der Waals surface area contributed by atoms with E-state index in [4.69, 9.17) is 28.9 Å². The average molecular weight is 444 g/mol. The van der Waals surface area contributed by atoms with Gasteiger partial charge in [-0.1, -0.05) is 0 Å². The lowest BCUT2D eigenvalue weighted by Crippen LogP contribution is -2.08. The summed E-state index contributed by atoms with van der Waals surface area (Å²) in [7, 11) is -4.56. The van der Waals surface area contributed by atoms with E-state index in [9.17, 15) is 13.0 Å². The van der Waals surface area contributed by atoms with E-state index >= 15 is 0 Å².